The largest absolute Gasteiger partial charge is 0.259 e. The molecule has 2 nitrogen and oxygen atoms in total. The van der Waals surface area contributed by atoms with Gasteiger partial charge in [0, 0.05) is 14.1 Å². The van der Waals surface area contributed by atoms with Gasteiger partial charge in [0.05, 0.1) is 0 Å². The van der Waals surface area contributed by atoms with Gasteiger partial charge in [0.2, 0.25) is 0 Å². The molecule has 22 heavy (non-hydrogen) atoms. The Kier molecular flexibility index (Phi) is 62.5. The van der Waals surface area contributed by atoms with Crippen LogP contribution >= 0.6 is 0 Å². The van der Waals surface area contributed by atoms with E-state index < -0.39 is 0 Å². The summed E-state index contributed by atoms with van der Waals surface area (Å²) in [7, 11) is 5.76. The van der Waals surface area contributed by atoms with Gasteiger partial charge in [-0.05, 0) is 27.8 Å². The van der Waals surface area contributed by atoms with E-state index in [0.29, 0.717) is 0 Å². The van der Waals surface area contributed by atoms with E-state index in [1.54, 1.807) is 18.2 Å². The molecule has 0 rings (SSSR count). The van der Waals surface area contributed by atoms with Crippen LogP contribution in [0.3, 0.4) is 0 Å². The van der Waals surface area contributed by atoms with Crippen molar-refractivity contribution >= 4 is 0 Å². The summed E-state index contributed by atoms with van der Waals surface area (Å²) in [6.07, 6.45) is 12.6. The quantitative estimate of drug-likeness (QED) is 0.427. The Bertz CT molecular complexity index is 278. The monoisotopic (exact) mass is 304 g/mol. The third-order valence-corrected chi connectivity index (χ3v) is 1.34. The summed E-state index contributed by atoms with van der Waals surface area (Å²) in [5, 5.41) is 1.88. The summed E-state index contributed by atoms with van der Waals surface area (Å²) in [5.41, 5.74) is 3.91. The van der Waals surface area contributed by atoms with Gasteiger partial charge >= 0.3 is 0 Å². The molecule has 2 radical (unpaired) electrons. The fraction of sp³-hybridized carbons (Fsp3) is 0.200. The highest BCUT2D eigenvalue weighted by atomic mass is 15.5. The van der Waals surface area contributed by atoms with Crippen LogP contribution in [0.5, 0.6) is 0 Å². The number of hydrogen-bond donors (Lipinski definition) is 1. The third kappa shape index (κ3) is 105. The molecule has 1 N–H and O–H groups in total. The van der Waals surface area contributed by atoms with Crippen molar-refractivity contribution in [2.45, 2.75) is 6.92 Å². The van der Waals surface area contributed by atoms with Crippen LogP contribution in [0.4, 0.5) is 0 Å². The molecular weight excluding hydrogens is 268 g/mol. The molecule has 0 fully saturated rings. The van der Waals surface area contributed by atoms with Crippen LogP contribution in [0, 0.1) is 13.8 Å². The van der Waals surface area contributed by atoms with Gasteiger partial charge in [0.1, 0.15) is 0 Å². The second kappa shape index (κ2) is 42.7. The number of nitrogens with zero attached hydrogens (tertiary/aromatic N) is 1. The summed E-state index contributed by atoms with van der Waals surface area (Å²) < 4.78 is 0. The predicted octanol–water partition coefficient (Wildman–Crippen LogP) is 5.36. The molecule has 0 unspecified atom stereocenters. The third-order valence-electron chi connectivity index (χ3n) is 1.34. The molecule has 0 aromatic rings. The number of rotatable bonds is 4. The van der Waals surface area contributed by atoms with Crippen molar-refractivity contribution in [2.24, 2.45) is 0 Å². The Morgan fingerprint density at radius 3 is 1.45 bits per heavy atom. The van der Waals surface area contributed by atoms with Crippen LogP contribution in [0.25, 0.3) is 0 Å². The number of nitrogens with one attached hydrogen (secondary N) is 1. The smallest absolute Gasteiger partial charge is 0.00128 e. The van der Waals surface area contributed by atoms with Crippen LogP contribution in [0.1, 0.15) is 6.92 Å². The minimum atomic E-state index is 1.05. The molecule has 126 valence electrons. The van der Waals surface area contributed by atoms with E-state index in [0.717, 1.165) is 5.57 Å². The van der Waals surface area contributed by atoms with E-state index in [1.807, 2.05) is 57.4 Å². The topological polar surface area (TPSA) is 15.3 Å². The highest BCUT2D eigenvalue weighted by Gasteiger charge is 1.68. The predicted molar refractivity (Wildman–Crippen MR) is 108 cm³/mol. The van der Waals surface area contributed by atoms with E-state index in [-0.39, 0.29) is 0 Å². The molecule has 0 saturated carbocycles. The molecule has 0 amide bonds. The normalized spacial score (nSPS) is 9.14. The first-order chi connectivity index (χ1) is 10.5. The summed E-state index contributed by atoms with van der Waals surface area (Å²) >= 11 is 0. The Hall–Kier alpha value is -1.90. The first kappa shape index (κ1) is 32.2. The molecule has 0 atom stereocenters. The Balaban J connectivity index is -0.0000000594. The molecule has 0 spiro atoms. The fourth-order valence-corrected chi connectivity index (χ4v) is 0.422. The lowest BCUT2D eigenvalue weighted by molar-refractivity contribution is 0.323. The zero-order valence-electron chi connectivity index (χ0n) is 15.1. The van der Waals surface area contributed by atoms with Crippen LogP contribution < -0.4 is 5.43 Å². The number of hydrogen-bond acceptors (Lipinski definition) is 2. The second-order valence-electron chi connectivity index (χ2n) is 3.42. The maximum absolute atomic E-state index is 3.62. The van der Waals surface area contributed by atoms with Crippen molar-refractivity contribution < 1.29 is 0 Å². The van der Waals surface area contributed by atoms with E-state index in [1.165, 1.54) is 0 Å². The molecule has 0 aromatic heterocycles. The van der Waals surface area contributed by atoms with Crippen LogP contribution in [-0.2, 0) is 0 Å². The van der Waals surface area contributed by atoms with E-state index in [4.69, 9.17) is 0 Å². The van der Waals surface area contributed by atoms with Crippen LogP contribution in [0.2, 0.25) is 0 Å². The van der Waals surface area contributed by atoms with Gasteiger partial charge in [-0.3, -0.25) is 10.4 Å². The summed E-state index contributed by atoms with van der Waals surface area (Å²) in [5.74, 6) is 0. The maximum Gasteiger partial charge on any atom is 0.00128 e. The van der Waals surface area contributed by atoms with Gasteiger partial charge in [-0.2, -0.15) is 0 Å². The minimum absolute atomic E-state index is 1.05. The maximum atomic E-state index is 3.62. The first-order valence-electron chi connectivity index (χ1n) is 6.65. The standard InChI is InChI=1S/C7H9.C6H9.C3H10N2.2C2H4/c1-3-5-7-6-4-2;1-4-5-6(2)3;1-4-5(2)3;2*1-2/h3-7H,1-2H2;4-5H,1-2H2,3H3;4H,1-3H3;2*1-2H2/b5-3-,7-6-;6-5+;;;. The van der Waals surface area contributed by atoms with Crippen LogP contribution in [-0.4, -0.2) is 26.2 Å². The van der Waals surface area contributed by atoms with Crippen molar-refractivity contribution in [1.82, 2.24) is 10.4 Å². The Morgan fingerprint density at radius 2 is 1.32 bits per heavy atom. The second-order valence-corrected chi connectivity index (χ2v) is 3.42. The lowest BCUT2D eigenvalue weighted by atomic mass is 10.3. The molecule has 2 heteroatoms. The van der Waals surface area contributed by atoms with Crippen molar-refractivity contribution in [3.63, 3.8) is 0 Å². The summed E-state index contributed by atoms with van der Waals surface area (Å²) in [4.78, 5) is 0. The van der Waals surface area contributed by atoms with Gasteiger partial charge in [-0.25, -0.2) is 0 Å². The van der Waals surface area contributed by atoms with Crippen molar-refractivity contribution in [3.8, 4) is 0 Å². The molecule has 0 aliphatic rings. The van der Waals surface area contributed by atoms with Gasteiger partial charge in [0.25, 0.3) is 0 Å². The van der Waals surface area contributed by atoms with Gasteiger partial charge < -0.3 is 0 Å². The Labute approximate surface area is 140 Å². The molecule has 0 saturated heterocycles. The molecule has 0 bridgehead atoms. The first-order valence-corrected chi connectivity index (χ1v) is 6.65. The van der Waals surface area contributed by atoms with Gasteiger partial charge in [-0.1, -0.05) is 61.3 Å². The Morgan fingerprint density at radius 1 is 0.909 bits per heavy atom. The van der Waals surface area contributed by atoms with Crippen LogP contribution in [0.15, 0.2) is 87.6 Å². The lowest BCUT2D eigenvalue weighted by Crippen LogP contribution is -2.25. The van der Waals surface area contributed by atoms with Crippen molar-refractivity contribution in [2.75, 3.05) is 21.1 Å². The zero-order valence-corrected chi connectivity index (χ0v) is 15.1. The summed E-state index contributed by atoms with van der Waals surface area (Å²) in [6.45, 7) is 28.0. The van der Waals surface area contributed by atoms with Gasteiger partial charge in [-0.15, -0.1) is 26.3 Å². The molecule has 0 aromatic carbocycles. The number of hydrazine groups is 1. The average molecular weight is 305 g/mol. The molecule has 0 aliphatic carbocycles. The highest BCUT2D eigenvalue weighted by Crippen LogP contribution is 1.84. The van der Waals surface area contributed by atoms with Gasteiger partial charge in [0.15, 0.2) is 0 Å². The number of allylic oxidation sites excluding steroid dienone is 8. The minimum Gasteiger partial charge on any atom is -0.259 e. The van der Waals surface area contributed by atoms with Crippen molar-refractivity contribution in [1.29, 1.82) is 0 Å². The lowest BCUT2D eigenvalue weighted by Gasteiger charge is -2.02. The summed E-state index contributed by atoms with van der Waals surface area (Å²) in [6, 6.07) is 0. The molecule has 0 aliphatic heterocycles. The molecule has 0 heterocycles. The van der Waals surface area contributed by atoms with E-state index in [9.17, 15) is 0 Å². The fourth-order valence-electron chi connectivity index (χ4n) is 0.422. The average Bonchev–Trinajstić information content (AvgIpc) is 2.53. The van der Waals surface area contributed by atoms with E-state index in [2.05, 4.69) is 58.7 Å². The highest BCUT2D eigenvalue weighted by molar-refractivity contribution is 5.09. The molecular formula is C20H36N2. The zero-order chi connectivity index (χ0) is 18.8. The van der Waals surface area contributed by atoms with Crippen molar-refractivity contribution in [3.05, 3.63) is 101 Å². The van der Waals surface area contributed by atoms with E-state index >= 15 is 0 Å². The SMILES string of the molecule is C=C.C=C.CNN(C)C.[CH2]/C(C)=C\C=C.[CH2]/C=C\C=C/C=C.